The molecule has 0 aliphatic rings. The fraction of sp³-hybridized carbons (Fsp3) is 0.250. The summed E-state index contributed by atoms with van der Waals surface area (Å²) in [5.74, 6) is -0.492. The van der Waals surface area contributed by atoms with Crippen LogP contribution in [0.1, 0.15) is 29.8 Å². The van der Waals surface area contributed by atoms with Gasteiger partial charge in [-0.3, -0.25) is 9.63 Å². The van der Waals surface area contributed by atoms with Crippen molar-refractivity contribution in [3.8, 4) is 0 Å². The van der Waals surface area contributed by atoms with E-state index in [9.17, 15) is 4.79 Å². The van der Waals surface area contributed by atoms with Gasteiger partial charge in [0, 0.05) is 16.5 Å². The Labute approximate surface area is 133 Å². The molecule has 0 radical (unpaired) electrons. The van der Waals surface area contributed by atoms with Crippen LogP contribution in [0.2, 0.25) is 0 Å². The third kappa shape index (κ3) is 4.43. The predicted octanol–water partition coefficient (Wildman–Crippen LogP) is 1.71. The van der Waals surface area contributed by atoms with Crippen LogP contribution in [-0.2, 0) is 0 Å². The molecule has 1 aromatic carbocycles. The second-order valence-corrected chi connectivity index (χ2v) is 5.02. The monoisotopic (exact) mass is 320 g/mol. The smallest absolute Gasteiger partial charge is 0.251 e. The molecule has 1 atom stereocenters. The van der Waals surface area contributed by atoms with Crippen LogP contribution in [0.5, 0.6) is 0 Å². The molecule has 2 rings (SSSR count). The first-order chi connectivity index (χ1) is 10.5. The molecule has 0 spiro atoms. The van der Waals surface area contributed by atoms with Crippen molar-refractivity contribution in [1.82, 2.24) is 0 Å². The van der Waals surface area contributed by atoms with Crippen LogP contribution in [0.15, 0.2) is 36.7 Å². The molecule has 3 N–H and O–H groups in total. The number of carbonyl (C=O) groups is 1. The van der Waals surface area contributed by atoms with Crippen molar-refractivity contribution in [1.29, 1.82) is 0 Å². The quantitative estimate of drug-likeness (QED) is 0.666. The van der Waals surface area contributed by atoms with Crippen molar-refractivity contribution in [2.75, 3.05) is 12.4 Å². The SMILES string of the molecule is CC.CO[n+]1ccc(C(N)=O)c(Nc2ccc(C)cc2P)c1. The molecule has 22 heavy (non-hydrogen) atoms. The van der Waals surface area contributed by atoms with Crippen molar-refractivity contribution in [2.24, 2.45) is 5.73 Å². The van der Waals surface area contributed by atoms with Gasteiger partial charge in [0.25, 0.3) is 5.91 Å². The van der Waals surface area contributed by atoms with Crippen molar-refractivity contribution < 1.29 is 14.4 Å². The van der Waals surface area contributed by atoms with Crippen LogP contribution in [0.25, 0.3) is 0 Å². The zero-order chi connectivity index (χ0) is 16.7. The Hall–Kier alpha value is -2.13. The number of amides is 1. The van der Waals surface area contributed by atoms with Gasteiger partial charge in [-0.1, -0.05) is 31.5 Å². The van der Waals surface area contributed by atoms with Crippen LogP contribution in [0.3, 0.4) is 0 Å². The zero-order valence-electron chi connectivity index (χ0n) is 13.4. The summed E-state index contributed by atoms with van der Waals surface area (Å²) in [5, 5.41) is 4.21. The number of carbonyl (C=O) groups excluding carboxylic acids is 1. The maximum atomic E-state index is 11.5. The molecule has 0 saturated heterocycles. The highest BCUT2D eigenvalue weighted by Crippen LogP contribution is 2.19. The van der Waals surface area contributed by atoms with E-state index in [4.69, 9.17) is 10.6 Å². The molecule has 0 aliphatic heterocycles. The van der Waals surface area contributed by atoms with Gasteiger partial charge in [-0.05, 0) is 18.3 Å². The predicted molar refractivity (Wildman–Crippen MR) is 92.8 cm³/mol. The number of rotatable bonds is 4. The average molecular weight is 320 g/mol. The van der Waals surface area contributed by atoms with Crippen molar-refractivity contribution >= 4 is 31.8 Å². The van der Waals surface area contributed by atoms with E-state index in [2.05, 4.69) is 14.6 Å². The lowest BCUT2D eigenvalue weighted by atomic mass is 10.2. The number of hydrogen-bond acceptors (Lipinski definition) is 3. The summed E-state index contributed by atoms with van der Waals surface area (Å²) in [7, 11) is 4.21. The molecule has 1 amide bonds. The van der Waals surface area contributed by atoms with Crippen LogP contribution < -0.4 is 25.9 Å². The molecule has 0 saturated carbocycles. The fourth-order valence-electron chi connectivity index (χ4n) is 1.85. The number of pyridine rings is 1. The number of aryl methyl sites for hydroxylation is 1. The van der Waals surface area contributed by atoms with E-state index in [0.717, 1.165) is 16.6 Å². The number of benzene rings is 1. The topological polar surface area (TPSA) is 68.2 Å². The first kappa shape index (κ1) is 17.9. The van der Waals surface area contributed by atoms with Gasteiger partial charge in [-0.25, -0.2) is 0 Å². The summed E-state index contributed by atoms with van der Waals surface area (Å²) in [6, 6.07) is 7.59. The Morgan fingerprint density at radius 1 is 1.27 bits per heavy atom. The minimum absolute atomic E-state index is 0.406. The Kier molecular flexibility index (Phi) is 6.80. The van der Waals surface area contributed by atoms with Crippen LogP contribution >= 0.6 is 9.24 Å². The Morgan fingerprint density at radius 2 is 1.95 bits per heavy atom. The summed E-state index contributed by atoms with van der Waals surface area (Å²) >= 11 is 0. The number of primary amides is 1. The number of nitrogens with zero attached hydrogens (tertiary/aromatic N) is 1. The van der Waals surface area contributed by atoms with E-state index in [0.29, 0.717) is 11.3 Å². The molecule has 5 nitrogen and oxygen atoms in total. The molecule has 1 unspecified atom stereocenters. The standard InChI is InChI=1S/C14H16N3O2P.C2H6/c1-9-3-4-11(13(20)7-9)16-12-8-17(19-2)6-5-10(12)14(15)18;1-2/h3-8H,20H2,1-2H3,(H2-,15,16,18);1-2H3/p+1. The van der Waals surface area contributed by atoms with Crippen LogP contribution in [0, 0.1) is 6.92 Å². The lowest BCUT2D eigenvalue weighted by Gasteiger charge is -2.11. The lowest BCUT2D eigenvalue weighted by Crippen LogP contribution is -2.40. The Bertz CT molecular complexity index is 660. The van der Waals surface area contributed by atoms with E-state index in [1.807, 2.05) is 39.0 Å². The average Bonchev–Trinajstić information content (AvgIpc) is 2.51. The molecule has 0 fully saturated rings. The van der Waals surface area contributed by atoms with Gasteiger partial charge < -0.3 is 11.1 Å². The molecular formula is C16H23N3O2P+. The Balaban J connectivity index is 0.00000116. The van der Waals surface area contributed by atoms with Crippen LogP contribution in [-0.4, -0.2) is 13.0 Å². The molecule has 0 bridgehead atoms. The summed E-state index contributed by atoms with van der Waals surface area (Å²) in [5.41, 5.74) is 8.43. The van der Waals surface area contributed by atoms with E-state index in [1.54, 1.807) is 25.6 Å². The van der Waals surface area contributed by atoms with Gasteiger partial charge in [0.15, 0.2) is 0 Å². The summed E-state index contributed by atoms with van der Waals surface area (Å²) in [4.78, 5) is 16.6. The molecule has 2 aromatic rings. The number of hydrogen-bond donors (Lipinski definition) is 2. The number of nitrogens with one attached hydrogen (secondary N) is 1. The van der Waals surface area contributed by atoms with E-state index in [-0.39, 0.29) is 0 Å². The third-order valence-electron chi connectivity index (χ3n) is 2.89. The minimum Gasteiger partial charge on any atom is -0.366 e. The summed E-state index contributed by atoms with van der Waals surface area (Å²) < 4.78 is 1.49. The molecule has 0 aliphatic carbocycles. The minimum atomic E-state index is -0.492. The van der Waals surface area contributed by atoms with Crippen molar-refractivity contribution in [2.45, 2.75) is 20.8 Å². The van der Waals surface area contributed by atoms with Gasteiger partial charge in [-0.15, -0.1) is 9.24 Å². The summed E-state index contributed by atoms with van der Waals surface area (Å²) in [6.07, 6.45) is 3.30. The first-order valence-corrected chi connectivity index (χ1v) is 7.61. The highest BCUT2D eigenvalue weighted by atomic mass is 31.0. The van der Waals surface area contributed by atoms with Gasteiger partial charge in [-0.2, -0.15) is 0 Å². The van der Waals surface area contributed by atoms with Gasteiger partial charge >= 0.3 is 0 Å². The first-order valence-electron chi connectivity index (χ1n) is 7.04. The summed E-state index contributed by atoms with van der Waals surface area (Å²) in [6.45, 7) is 6.02. The number of nitrogens with two attached hydrogens (primary N) is 1. The normalized spacial score (nSPS) is 9.50. The maximum absolute atomic E-state index is 11.5. The van der Waals surface area contributed by atoms with Gasteiger partial charge in [0.1, 0.15) is 12.8 Å². The number of aromatic nitrogens is 1. The molecular weight excluding hydrogens is 297 g/mol. The van der Waals surface area contributed by atoms with Gasteiger partial charge in [0.05, 0.1) is 5.56 Å². The maximum Gasteiger partial charge on any atom is 0.251 e. The van der Waals surface area contributed by atoms with E-state index >= 15 is 0 Å². The highest BCUT2D eigenvalue weighted by Gasteiger charge is 2.15. The lowest BCUT2D eigenvalue weighted by molar-refractivity contribution is -0.885. The molecule has 6 heteroatoms. The second kappa shape index (κ2) is 8.35. The molecule has 1 aromatic heterocycles. The second-order valence-electron chi connectivity index (χ2n) is 4.39. The third-order valence-corrected chi connectivity index (χ3v) is 3.36. The number of anilines is 2. The van der Waals surface area contributed by atoms with Gasteiger partial charge in [0.2, 0.25) is 12.4 Å². The highest BCUT2D eigenvalue weighted by molar-refractivity contribution is 7.28. The zero-order valence-corrected chi connectivity index (χ0v) is 14.5. The van der Waals surface area contributed by atoms with Crippen LogP contribution in [0.4, 0.5) is 11.4 Å². The van der Waals surface area contributed by atoms with Crippen molar-refractivity contribution in [3.05, 3.63) is 47.8 Å². The Morgan fingerprint density at radius 3 is 2.50 bits per heavy atom. The largest absolute Gasteiger partial charge is 0.366 e. The van der Waals surface area contributed by atoms with Crippen molar-refractivity contribution in [3.63, 3.8) is 0 Å². The van der Waals surface area contributed by atoms with E-state index in [1.165, 1.54) is 4.73 Å². The molecule has 118 valence electrons. The van der Waals surface area contributed by atoms with E-state index < -0.39 is 5.91 Å². The fourth-order valence-corrected chi connectivity index (χ4v) is 2.28. The molecule has 1 heterocycles.